The third-order valence-corrected chi connectivity index (χ3v) is 2.23. The largest absolute Gasteiger partial charge is 0.460 e. The van der Waals surface area contributed by atoms with Gasteiger partial charge in [-0.05, 0) is 19.9 Å². The fraction of sp³-hybridized carbons (Fsp3) is 0.417. The zero-order valence-electron chi connectivity index (χ0n) is 10.8. The third kappa shape index (κ3) is 4.55. The van der Waals surface area contributed by atoms with Gasteiger partial charge >= 0.3 is 5.97 Å². The molecule has 1 aromatic carbocycles. The van der Waals surface area contributed by atoms with Crippen LogP contribution in [0, 0.1) is 10.1 Å². The Bertz CT molecular complexity index is 473. The van der Waals surface area contributed by atoms with Gasteiger partial charge in [0.25, 0.3) is 5.69 Å². The van der Waals surface area contributed by atoms with Crippen LogP contribution in [0.2, 0.25) is 0 Å². The van der Waals surface area contributed by atoms with Gasteiger partial charge in [0.15, 0.2) is 0 Å². The molecule has 0 aliphatic carbocycles. The second-order valence-corrected chi connectivity index (χ2v) is 4.08. The van der Waals surface area contributed by atoms with Gasteiger partial charge in [-0.1, -0.05) is 0 Å². The average Bonchev–Trinajstić information content (AvgIpc) is 2.33. The van der Waals surface area contributed by atoms with E-state index in [4.69, 9.17) is 15.2 Å². The number of ether oxygens (including phenoxy) is 2. The van der Waals surface area contributed by atoms with Crippen molar-refractivity contribution < 1.29 is 19.2 Å². The Morgan fingerprint density at radius 2 is 2.11 bits per heavy atom. The molecule has 0 heterocycles. The molecular weight excluding hydrogens is 252 g/mol. The van der Waals surface area contributed by atoms with Gasteiger partial charge in [-0.15, -0.1) is 0 Å². The molecule has 0 saturated heterocycles. The number of hydrogen-bond acceptors (Lipinski definition) is 6. The molecule has 7 heteroatoms. The summed E-state index contributed by atoms with van der Waals surface area (Å²) < 4.78 is 10.2. The number of nitrogen functional groups attached to an aromatic ring is 1. The van der Waals surface area contributed by atoms with E-state index in [1.54, 1.807) is 0 Å². The van der Waals surface area contributed by atoms with E-state index in [-0.39, 0.29) is 36.3 Å². The molecule has 2 N–H and O–H groups in total. The number of carbonyl (C=O) groups excluding carboxylic acids is 1. The Morgan fingerprint density at radius 3 is 2.63 bits per heavy atom. The van der Waals surface area contributed by atoms with Crippen molar-refractivity contribution >= 4 is 17.3 Å². The van der Waals surface area contributed by atoms with Crippen LogP contribution in [0.15, 0.2) is 18.2 Å². The van der Waals surface area contributed by atoms with Crippen molar-refractivity contribution in [3.05, 3.63) is 33.9 Å². The molecule has 1 aromatic rings. The second kappa shape index (κ2) is 6.69. The molecule has 0 amide bonds. The maximum atomic E-state index is 11.7. The molecular formula is C12H16N2O5. The van der Waals surface area contributed by atoms with E-state index in [0.29, 0.717) is 0 Å². The number of rotatable bonds is 6. The van der Waals surface area contributed by atoms with Gasteiger partial charge in [0.2, 0.25) is 0 Å². The molecule has 19 heavy (non-hydrogen) atoms. The van der Waals surface area contributed by atoms with E-state index in [1.807, 2.05) is 13.8 Å². The fourth-order valence-electron chi connectivity index (χ4n) is 1.35. The summed E-state index contributed by atoms with van der Waals surface area (Å²) in [7, 11) is 0. The van der Waals surface area contributed by atoms with Crippen molar-refractivity contribution in [1.82, 2.24) is 0 Å². The highest BCUT2D eigenvalue weighted by atomic mass is 16.6. The highest BCUT2D eigenvalue weighted by Crippen LogP contribution is 2.20. The van der Waals surface area contributed by atoms with Crippen LogP contribution >= 0.6 is 0 Å². The first-order chi connectivity index (χ1) is 8.91. The van der Waals surface area contributed by atoms with Crippen molar-refractivity contribution in [2.24, 2.45) is 0 Å². The highest BCUT2D eigenvalue weighted by molar-refractivity contribution is 5.95. The van der Waals surface area contributed by atoms with Crippen molar-refractivity contribution in [3.63, 3.8) is 0 Å². The minimum absolute atomic E-state index is 0.0176. The number of carbonyl (C=O) groups is 1. The molecule has 0 aliphatic heterocycles. The number of nitrogens with zero attached hydrogens (tertiary/aromatic N) is 1. The molecule has 0 bridgehead atoms. The number of nitro benzene ring substituents is 1. The average molecular weight is 268 g/mol. The quantitative estimate of drug-likeness (QED) is 0.277. The molecule has 0 saturated carbocycles. The second-order valence-electron chi connectivity index (χ2n) is 4.08. The summed E-state index contributed by atoms with van der Waals surface area (Å²) in [5.41, 5.74) is 5.53. The van der Waals surface area contributed by atoms with Gasteiger partial charge < -0.3 is 15.2 Å². The summed E-state index contributed by atoms with van der Waals surface area (Å²) in [6.07, 6.45) is 0.0585. The summed E-state index contributed by atoms with van der Waals surface area (Å²) >= 11 is 0. The maximum absolute atomic E-state index is 11.7. The first-order valence-electron chi connectivity index (χ1n) is 5.74. The molecule has 104 valence electrons. The SMILES string of the molecule is CC(C)OCCOC(=O)c1ccc([N+](=O)[O-])cc1N. The summed E-state index contributed by atoms with van der Waals surface area (Å²) in [5, 5.41) is 10.5. The van der Waals surface area contributed by atoms with Crippen LogP contribution in [-0.4, -0.2) is 30.2 Å². The van der Waals surface area contributed by atoms with Crippen LogP contribution in [0.4, 0.5) is 11.4 Å². The van der Waals surface area contributed by atoms with Crippen LogP contribution in [0.3, 0.4) is 0 Å². The molecule has 1 rings (SSSR count). The standard InChI is InChI=1S/C12H16N2O5/c1-8(2)18-5-6-19-12(15)10-4-3-9(14(16)17)7-11(10)13/h3-4,7-8H,5-6,13H2,1-2H3. The van der Waals surface area contributed by atoms with Gasteiger partial charge in [0, 0.05) is 12.1 Å². The van der Waals surface area contributed by atoms with Crippen LogP contribution in [0.1, 0.15) is 24.2 Å². The molecule has 0 aliphatic rings. The minimum Gasteiger partial charge on any atom is -0.460 e. The topological polar surface area (TPSA) is 105 Å². The molecule has 0 atom stereocenters. The molecule has 0 unspecified atom stereocenters. The van der Waals surface area contributed by atoms with Crippen molar-refractivity contribution in [2.45, 2.75) is 20.0 Å². The zero-order valence-corrected chi connectivity index (χ0v) is 10.8. The third-order valence-electron chi connectivity index (χ3n) is 2.23. The van der Waals surface area contributed by atoms with Crippen molar-refractivity contribution in [1.29, 1.82) is 0 Å². The van der Waals surface area contributed by atoms with Crippen molar-refractivity contribution in [2.75, 3.05) is 18.9 Å². The first-order valence-corrected chi connectivity index (χ1v) is 5.74. The molecule has 0 aromatic heterocycles. The number of nitro groups is 1. The smallest absolute Gasteiger partial charge is 0.340 e. The van der Waals surface area contributed by atoms with Gasteiger partial charge in [-0.2, -0.15) is 0 Å². The van der Waals surface area contributed by atoms with Crippen molar-refractivity contribution in [3.8, 4) is 0 Å². The number of nitrogens with two attached hydrogens (primary N) is 1. The number of benzene rings is 1. The van der Waals surface area contributed by atoms with Gasteiger partial charge in [0.05, 0.1) is 28.9 Å². The number of non-ortho nitro benzene ring substituents is 1. The summed E-state index contributed by atoms with van der Waals surface area (Å²) in [4.78, 5) is 21.6. The Labute approximate surface area is 110 Å². The Morgan fingerprint density at radius 1 is 1.42 bits per heavy atom. The highest BCUT2D eigenvalue weighted by Gasteiger charge is 2.15. The van der Waals surface area contributed by atoms with E-state index >= 15 is 0 Å². The van der Waals surface area contributed by atoms with Crippen LogP contribution in [0.25, 0.3) is 0 Å². The number of hydrogen-bond donors (Lipinski definition) is 1. The van der Waals surface area contributed by atoms with E-state index in [2.05, 4.69) is 0 Å². The monoisotopic (exact) mass is 268 g/mol. The van der Waals surface area contributed by atoms with Crippen LogP contribution < -0.4 is 5.73 Å². The van der Waals surface area contributed by atoms with Crippen LogP contribution in [-0.2, 0) is 9.47 Å². The zero-order chi connectivity index (χ0) is 14.4. The number of anilines is 1. The lowest BCUT2D eigenvalue weighted by atomic mass is 10.1. The Kier molecular flexibility index (Phi) is 5.25. The summed E-state index contributed by atoms with van der Waals surface area (Å²) in [6.45, 7) is 4.13. The van der Waals surface area contributed by atoms with E-state index in [0.717, 1.165) is 6.07 Å². The van der Waals surface area contributed by atoms with Gasteiger partial charge in [0.1, 0.15) is 6.61 Å². The molecule has 0 fully saturated rings. The minimum atomic E-state index is -0.625. The van der Waals surface area contributed by atoms with E-state index in [1.165, 1.54) is 12.1 Å². The Balaban J connectivity index is 2.60. The lowest BCUT2D eigenvalue weighted by Crippen LogP contribution is -2.14. The van der Waals surface area contributed by atoms with E-state index in [9.17, 15) is 14.9 Å². The van der Waals surface area contributed by atoms with Crippen LogP contribution in [0.5, 0.6) is 0 Å². The lowest BCUT2D eigenvalue weighted by Gasteiger charge is -2.09. The van der Waals surface area contributed by atoms with Gasteiger partial charge in [-0.25, -0.2) is 4.79 Å². The first kappa shape index (κ1) is 14.9. The Hall–Kier alpha value is -2.15. The van der Waals surface area contributed by atoms with E-state index < -0.39 is 10.9 Å². The molecule has 7 nitrogen and oxygen atoms in total. The fourth-order valence-corrected chi connectivity index (χ4v) is 1.35. The summed E-state index contributed by atoms with van der Waals surface area (Å²) in [5.74, 6) is -0.625. The predicted octanol–water partition coefficient (Wildman–Crippen LogP) is 1.76. The number of esters is 1. The normalized spacial score (nSPS) is 10.5. The maximum Gasteiger partial charge on any atom is 0.340 e. The molecule has 0 radical (unpaired) electrons. The molecule has 0 spiro atoms. The lowest BCUT2D eigenvalue weighted by molar-refractivity contribution is -0.384. The van der Waals surface area contributed by atoms with Gasteiger partial charge in [-0.3, -0.25) is 10.1 Å². The summed E-state index contributed by atoms with van der Waals surface area (Å²) in [6, 6.07) is 3.61. The predicted molar refractivity (Wildman–Crippen MR) is 68.9 cm³/mol.